The van der Waals surface area contributed by atoms with Gasteiger partial charge in [-0.15, -0.1) is 0 Å². The second-order valence-corrected chi connectivity index (χ2v) is 7.69. The normalized spacial score (nSPS) is 22.4. The quantitative estimate of drug-likeness (QED) is 0.840. The van der Waals surface area contributed by atoms with Crippen LogP contribution in [-0.4, -0.2) is 40.9 Å². The highest BCUT2D eigenvalue weighted by Gasteiger charge is 2.38. The van der Waals surface area contributed by atoms with E-state index in [1.165, 1.54) is 6.07 Å². The van der Waals surface area contributed by atoms with Crippen LogP contribution in [-0.2, 0) is 9.59 Å². The summed E-state index contributed by atoms with van der Waals surface area (Å²) in [6.07, 6.45) is 5.48. The summed E-state index contributed by atoms with van der Waals surface area (Å²) in [4.78, 5) is 38.8. The fourth-order valence-corrected chi connectivity index (χ4v) is 4.37. The molecule has 2 amide bonds. The Kier molecular flexibility index (Phi) is 5.07. The van der Waals surface area contributed by atoms with Crippen molar-refractivity contribution in [3.05, 3.63) is 30.0 Å². The molecule has 1 aliphatic carbocycles. The molecule has 1 aliphatic heterocycles. The molecule has 1 saturated carbocycles. The van der Waals surface area contributed by atoms with Crippen molar-refractivity contribution in [3.8, 4) is 0 Å². The molecular formula is C21H24N2O5. The second-order valence-electron chi connectivity index (χ2n) is 7.69. The maximum atomic E-state index is 12.9. The third-order valence-corrected chi connectivity index (χ3v) is 5.83. The highest BCUT2D eigenvalue weighted by atomic mass is 16.4. The van der Waals surface area contributed by atoms with Crippen LogP contribution >= 0.6 is 0 Å². The van der Waals surface area contributed by atoms with E-state index < -0.39 is 5.97 Å². The Morgan fingerprint density at radius 3 is 2.43 bits per heavy atom. The van der Waals surface area contributed by atoms with Gasteiger partial charge in [-0.25, -0.2) is 4.79 Å². The number of anilines is 1. The lowest BCUT2D eigenvalue weighted by Gasteiger charge is -2.32. The summed E-state index contributed by atoms with van der Waals surface area (Å²) in [6, 6.07) is 6.47. The molecule has 7 heteroatoms. The van der Waals surface area contributed by atoms with Crippen molar-refractivity contribution in [2.24, 2.45) is 11.8 Å². The summed E-state index contributed by atoms with van der Waals surface area (Å²) in [5, 5.41) is 12.6. The van der Waals surface area contributed by atoms with Gasteiger partial charge in [-0.1, -0.05) is 12.8 Å². The summed E-state index contributed by atoms with van der Waals surface area (Å²) in [5.41, 5.74) is 1.03. The van der Waals surface area contributed by atoms with Crippen molar-refractivity contribution in [1.82, 2.24) is 4.90 Å². The monoisotopic (exact) mass is 384 g/mol. The Balaban J connectivity index is 1.50. The summed E-state index contributed by atoms with van der Waals surface area (Å²) in [6.45, 7) is 1.60. The van der Waals surface area contributed by atoms with Gasteiger partial charge < -0.3 is 19.7 Å². The predicted molar refractivity (Wildman–Crippen MR) is 103 cm³/mol. The van der Waals surface area contributed by atoms with Gasteiger partial charge in [0.25, 0.3) is 0 Å². The number of amides is 2. The summed E-state index contributed by atoms with van der Waals surface area (Å²) < 4.78 is 5.25. The third-order valence-electron chi connectivity index (χ3n) is 5.83. The molecule has 2 N–H and O–H groups in total. The molecule has 2 unspecified atom stereocenters. The molecule has 0 spiro atoms. The van der Waals surface area contributed by atoms with Crippen LogP contribution in [0, 0.1) is 11.8 Å². The zero-order valence-electron chi connectivity index (χ0n) is 15.6. The highest BCUT2D eigenvalue weighted by Crippen LogP contribution is 2.33. The lowest BCUT2D eigenvalue weighted by molar-refractivity contribution is -0.141. The molecular weight excluding hydrogens is 360 g/mol. The summed E-state index contributed by atoms with van der Waals surface area (Å²) >= 11 is 0. The number of hydrogen-bond acceptors (Lipinski definition) is 4. The van der Waals surface area contributed by atoms with E-state index in [0.717, 1.165) is 45.2 Å². The number of fused-ring (bicyclic) bond motifs is 1. The van der Waals surface area contributed by atoms with Crippen molar-refractivity contribution in [2.75, 3.05) is 18.4 Å². The number of rotatable bonds is 4. The predicted octanol–water partition coefficient (Wildman–Crippen LogP) is 3.50. The first-order valence-electron chi connectivity index (χ1n) is 9.89. The Hall–Kier alpha value is -2.83. The zero-order valence-corrected chi connectivity index (χ0v) is 15.6. The van der Waals surface area contributed by atoms with Gasteiger partial charge in [0, 0.05) is 36.0 Å². The van der Waals surface area contributed by atoms with Gasteiger partial charge in [-0.2, -0.15) is 0 Å². The topological polar surface area (TPSA) is 99.8 Å². The van der Waals surface area contributed by atoms with Crippen LogP contribution in [0.25, 0.3) is 11.0 Å². The zero-order chi connectivity index (χ0) is 19.7. The van der Waals surface area contributed by atoms with Gasteiger partial charge in [-0.05, 0) is 49.9 Å². The molecule has 2 aliphatic rings. The van der Waals surface area contributed by atoms with E-state index in [9.17, 15) is 14.4 Å². The Bertz CT molecular complexity index is 913. The van der Waals surface area contributed by atoms with Crippen molar-refractivity contribution >= 4 is 34.4 Å². The highest BCUT2D eigenvalue weighted by molar-refractivity contribution is 5.98. The minimum Gasteiger partial charge on any atom is -0.475 e. The van der Waals surface area contributed by atoms with Gasteiger partial charge in [0.2, 0.25) is 17.6 Å². The number of furan rings is 1. The number of carboxylic acids is 1. The molecule has 0 radical (unpaired) electrons. The number of aromatic carboxylic acids is 1. The minimum absolute atomic E-state index is 0.119. The second kappa shape index (κ2) is 7.66. The molecule has 4 rings (SSSR count). The molecule has 0 bridgehead atoms. The molecule has 1 saturated heterocycles. The van der Waals surface area contributed by atoms with E-state index in [4.69, 9.17) is 9.52 Å². The van der Waals surface area contributed by atoms with Crippen molar-refractivity contribution in [3.63, 3.8) is 0 Å². The van der Waals surface area contributed by atoms with Gasteiger partial charge in [0.1, 0.15) is 5.58 Å². The molecule has 148 valence electrons. The average Bonchev–Trinajstić information content (AvgIpc) is 3.37. The number of benzene rings is 1. The van der Waals surface area contributed by atoms with Gasteiger partial charge >= 0.3 is 5.97 Å². The average molecular weight is 384 g/mol. The Labute approximate surface area is 162 Å². The fraction of sp³-hybridized carbons (Fsp3) is 0.476. The number of nitrogens with zero attached hydrogens (tertiary/aromatic N) is 1. The lowest BCUT2D eigenvalue weighted by Crippen LogP contribution is -2.42. The van der Waals surface area contributed by atoms with Crippen molar-refractivity contribution in [1.29, 1.82) is 0 Å². The number of carbonyl (C=O) groups is 3. The van der Waals surface area contributed by atoms with Crippen LogP contribution in [0.3, 0.4) is 0 Å². The summed E-state index contributed by atoms with van der Waals surface area (Å²) in [5.74, 6) is -1.86. The first-order valence-corrected chi connectivity index (χ1v) is 9.89. The van der Waals surface area contributed by atoms with E-state index in [0.29, 0.717) is 23.1 Å². The Morgan fingerprint density at radius 1 is 1.00 bits per heavy atom. The maximum absolute atomic E-state index is 12.9. The van der Waals surface area contributed by atoms with Crippen LogP contribution in [0.4, 0.5) is 5.69 Å². The van der Waals surface area contributed by atoms with Crippen molar-refractivity contribution in [2.45, 2.75) is 38.5 Å². The van der Waals surface area contributed by atoms with Gasteiger partial charge in [0.15, 0.2) is 0 Å². The van der Waals surface area contributed by atoms with E-state index in [1.54, 1.807) is 18.2 Å². The molecule has 7 nitrogen and oxygen atoms in total. The molecule has 28 heavy (non-hydrogen) atoms. The van der Waals surface area contributed by atoms with E-state index in [1.807, 2.05) is 4.90 Å². The van der Waals surface area contributed by atoms with Crippen LogP contribution in [0.5, 0.6) is 0 Å². The first kappa shape index (κ1) is 18.5. The first-order chi connectivity index (χ1) is 13.5. The molecule has 2 atom stereocenters. The van der Waals surface area contributed by atoms with Crippen molar-refractivity contribution < 1.29 is 23.9 Å². The summed E-state index contributed by atoms with van der Waals surface area (Å²) in [7, 11) is 0. The van der Waals surface area contributed by atoms with Crippen LogP contribution in [0.2, 0.25) is 0 Å². The van der Waals surface area contributed by atoms with Crippen LogP contribution in [0.1, 0.15) is 49.1 Å². The number of likely N-dealkylation sites (tertiary alicyclic amines) is 1. The molecule has 2 fully saturated rings. The molecule has 2 heterocycles. The number of nitrogens with one attached hydrogen (secondary N) is 1. The van der Waals surface area contributed by atoms with Gasteiger partial charge in [0.05, 0.1) is 0 Å². The number of carbonyl (C=O) groups excluding carboxylic acids is 2. The van der Waals surface area contributed by atoms with E-state index in [-0.39, 0.29) is 29.4 Å². The molecule has 2 aromatic rings. The smallest absolute Gasteiger partial charge is 0.371 e. The number of hydrogen-bond donors (Lipinski definition) is 2. The lowest BCUT2D eigenvalue weighted by atomic mass is 9.77. The van der Waals surface area contributed by atoms with E-state index >= 15 is 0 Å². The Morgan fingerprint density at radius 2 is 1.71 bits per heavy atom. The molecule has 1 aromatic heterocycles. The SMILES string of the molecule is O=C(O)c1cc2cc(NC(=O)C3CCCCC3C(=O)N3CCCC3)ccc2o1. The maximum Gasteiger partial charge on any atom is 0.371 e. The van der Waals surface area contributed by atoms with Crippen LogP contribution < -0.4 is 5.32 Å². The minimum atomic E-state index is -1.13. The largest absolute Gasteiger partial charge is 0.475 e. The fourth-order valence-electron chi connectivity index (χ4n) is 4.37. The third kappa shape index (κ3) is 3.61. The standard InChI is InChI=1S/C21H24N2O5/c24-19(15-5-1-2-6-16(15)20(25)23-9-3-4-10-23)22-14-7-8-17-13(11-14)12-18(28-17)21(26)27/h7-8,11-12,15-16H,1-6,9-10H2,(H,22,24)(H,26,27). The van der Waals surface area contributed by atoms with E-state index in [2.05, 4.69) is 5.32 Å². The van der Waals surface area contributed by atoms with Gasteiger partial charge in [-0.3, -0.25) is 9.59 Å². The number of carboxylic acid groups (broad SMARTS) is 1. The van der Waals surface area contributed by atoms with Crippen LogP contribution in [0.15, 0.2) is 28.7 Å². The molecule has 1 aromatic carbocycles.